The molecular formula is C21H28ClIN2O. The predicted molar refractivity (Wildman–Crippen MR) is 122 cm³/mol. The summed E-state index contributed by atoms with van der Waals surface area (Å²) >= 11 is 8.45. The molecule has 1 N–H and O–H groups in total. The van der Waals surface area contributed by atoms with Crippen molar-refractivity contribution in [3.05, 3.63) is 46.5 Å². The van der Waals surface area contributed by atoms with Gasteiger partial charge in [0.25, 0.3) is 0 Å². The first-order valence-electron chi connectivity index (χ1n) is 8.70. The monoisotopic (exact) mass is 486 g/mol. The zero-order valence-electron chi connectivity index (χ0n) is 16.6. The van der Waals surface area contributed by atoms with Crippen LogP contribution in [0.2, 0.25) is 0 Å². The molecule has 3 nitrogen and oxygen atoms in total. The summed E-state index contributed by atoms with van der Waals surface area (Å²) in [6.07, 6.45) is 5.76. The Morgan fingerprint density at radius 3 is 2.27 bits per heavy atom. The highest BCUT2D eigenvalue weighted by Crippen LogP contribution is 2.41. The van der Waals surface area contributed by atoms with E-state index >= 15 is 0 Å². The van der Waals surface area contributed by atoms with Crippen molar-refractivity contribution in [3.8, 4) is 5.75 Å². The zero-order chi connectivity index (χ0) is 19.9. The number of phenolic OH excluding ortho intramolecular Hbond substituents is 1. The number of anilines is 1. The SMILES string of the molecule is CN(/N=C1/C=C(Cl)C=CC1I)c1cc(C(C)(C)C)cc(C(C)(C)C)c1O. The van der Waals surface area contributed by atoms with Crippen LogP contribution in [-0.4, -0.2) is 21.8 Å². The minimum atomic E-state index is -0.170. The van der Waals surface area contributed by atoms with Crippen LogP contribution in [0.15, 0.2) is 40.5 Å². The van der Waals surface area contributed by atoms with Crippen LogP contribution in [-0.2, 0) is 10.8 Å². The molecule has 1 atom stereocenters. The van der Waals surface area contributed by atoms with Crippen LogP contribution in [0.25, 0.3) is 0 Å². The van der Waals surface area contributed by atoms with E-state index in [9.17, 15) is 5.11 Å². The van der Waals surface area contributed by atoms with Crippen molar-refractivity contribution in [2.24, 2.45) is 5.10 Å². The first-order chi connectivity index (χ1) is 11.8. The number of hydrazone groups is 1. The van der Waals surface area contributed by atoms with Gasteiger partial charge in [0.15, 0.2) is 0 Å². The molecule has 142 valence electrons. The van der Waals surface area contributed by atoms with E-state index in [0.717, 1.165) is 11.3 Å². The number of allylic oxidation sites excluding steroid dienone is 4. The molecule has 1 unspecified atom stereocenters. The number of alkyl halides is 1. The van der Waals surface area contributed by atoms with Gasteiger partial charge in [0.1, 0.15) is 11.4 Å². The third-order valence-corrected chi connectivity index (χ3v) is 5.66. The van der Waals surface area contributed by atoms with Gasteiger partial charge < -0.3 is 5.11 Å². The van der Waals surface area contributed by atoms with Crippen LogP contribution in [0, 0.1) is 0 Å². The molecule has 5 heteroatoms. The molecule has 0 fully saturated rings. The Labute approximate surface area is 176 Å². The van der Waals surface area contributed by atoms with Gasteiger partial charge in [0.05, 0.1) is 9.64 Å². The molecule has 0 aromatic heterocycles. The van der Waals surface area contributed by atoms with Gasteiger partial charge >= 0.3 is 0 Å². The van der Waals surface area contributed by atoms with Gasteiger partial charge in [-0.3, -0.25) is 5.01 Å². The lowest BCUT2D eigenvalue weighted by atomic mass is 9.79. The first-order valence-corrected chi connectivity index (χ1v) is 10.3. The molecule has 0 heterocycles. The highest BCUT2D eigenvalue weighted by Gasteiger charge is 2.26. The van der Waals surface area contributed by atoms with Gasteiger partial charge in [0, 0.05) is 17.6 Å². The number of phenols is 1. The van der Waals surface area contributed by atoms with Crippen molar-refractivity contribution in [2.45, 2.75) is 56.3 Å². The molecule has 1 aromatic rings. The lowest BCUT2D eigenvalue weighted by molar-refractivity contribution is 0.444. The third kappa shape index (κ3) is 4.83. The molecule has 0 amide bonds. The Balaban J connectivity index is 2.59. The van der Waals surface area contributed by atoms with Crippen molar-refractivity contribution in [3.63, 3.8) is 0 Å². The van der Waals surface area contributed by atoms with E-state index < -0.39 is 0 Å². The van der Waals surface area contributed by atoms with Crippen LogP contribution in [0.5, 0.6) is 5.75 Å². The molecule has 0 bridgehead atoms. The average molecular weight is 487 g/mol. The highest BCUT2D eigenvalue weighted by molar-refractivity contribution is 14.1. The molecule has 0 radical (unpaired) electrons. The number of hydrogen-bond acceptors (Lipinski definition) is 3. The number of halogens is 2. The summed E-state index contributed by atoms with van der Waals surface area (Å²) in [5.41, 5.74) is 3.46. The summed E-state index contributed by atoms with van der Waals surface area (Å²) in [5, 5.41) is 18.1. The van der Waals surface area contributed by atoms with E-state index in [0.29, 0.717) is 10.7 Å². The Kier molecular flexibility index (Phi) is 6.18. The third-order valence-electron chi connectivity index (χ3n) is 4.37. The van der Waals surface area contributed by atoms with Gasteiger partial charge in [-0.05, 0) is 34.6 Å². The first kappa shape index (κ1) is 21.3. The van der Waals surface area contributed by atoms with Gasteiger partial charge in [-0.1, -0.05) is 87.9 Å². The predicted octanol–water partition coefficient (Wildman–Crippen LogP) is 6.28. The quantitative estimate of drug-likeness (QED) is 0.303. The normalized spacial score (nSPS) is 19.7. The second-order valence-electron chi connectivity index (χ2n) is 8.73. The molecule has 0 aliphatic heterocycles. The van der Waals surface area contributed by atoms with E-state index in [2.05, 4.69) is 70.2 Å². The van der Waals surface area contributed by atoms with Gasteiger partial charge in [0.2, 0.25) is 0 Å². The maximum Gasteiger partial charge on any atom is 0.144 e. The maximum atomic E-state index is 11.0. The molecule has 1 aromatic carbocycles. The Morgan fingerprint density at radius 2 is 1.73 bits per heavy atom. The second-order valence-corrected chi connectivity index (χ2v) is 10.5. The summed E-state index contributed by atoms with van der Waals surface area (Å²) in [5.74, 6) is 0.281. The Hall–Kier alpha value is -1.01. The van der Waals surface area contributed by atoms with Crippen molar-refractivity contribution < 1.29 is 5.11 Å². The second kappa shape index (κ2) is 7.55. The number of rotatable bonds is 2. The van der Waals surface area contributed by atoms with Crippen molar-refractivity contribution in [1.82, 2.24) is 0 Å². The standard InChI is InChI=1S/C21H28ClIN2O/c1-20(2,3)13-10-15(21(4,5)6)19(26)18(11-13)25(7)24-17-12-14(22)8-9-16(17)23/h8-12,16,26H,1-7H3/b24-17-. The zero-order valence-corrected chi connectivity index (χ0v) is 19.5. The minimum absolute atomic E-state index is 0.0288. The molecule has 0 spiro atoms. The highest BCUT2D eigenvalue weighted by atomic mass is 127. The average Bonchev–Trinajstić information content (AvgIpc) is 2.48. The van der Waals surface area contributed by atoms with Gasteiger partial charge in [-0.2, -0.15) is 5.10 Å². The fourth-order valence-electron chi connectivity index (χ4n) is 2.73. The molecular weight excluding hydrogens is 459 g/mol. The summed E-state index contributed by atoms with van der Waals surface area (Å²) in [7, 11) is 1.87. The van der Waals surface area contributed by atoms with Crippen molar-refractivity contribution >= 4 is 45.6 Å². The summed E-state index contributed by atoms with van der Waals surface area (Å²) in [4.78, 5) is 0. The lowest BCUT2D eigenvalue weighted by Crippen LogP contribution is -2.22. The summed E-state index contributed by atoms with van der Waals surface area (Å²) in [6.45, 7) is 12.9. The maximum absolute atomic E-state index is 11.0. The molecule has 2 rings (SSSR count). The van der Waals surface area contributed by atoms with Crippen LogP contribution in [0.4, 0.5) is 5.69 Å². The molecule has 1 aliphatic rings. The van der Waals surface area contributed by atoms with E-state index in [-0.39, 0.29) is 20.5 Å². The van der Waals surface area contributed by atoms with Crippen LogP contribution in [0.3, 0.4) is 0 Å². The van der Waals surface area contributed by atoms with E-state index in [1.807, 2.05) is 31.3 Å². The molecule has 0 saturated carbocycles. The molecule has 0 saturated heterocycles. The largest absolute Gasteiger partial charge is 0.505 e. The molecule has 26 heavy (non-hydrogen) atoms. The van der Waals surface area contributed by atoms with Crippen molar-refractivity contribution in [2.75, 3.05) is 12.1 Å². The number of aromatic hydroxyl groups is 1. The van der Waals surface area contributed by atoms with Crippen LogP contribution >= 0.6 is 34.2 Å². The lowest BCUT2D eigenvalue weighted by Gasteiger charge is -2.29. The van der Waals surface area contributed by atoms with Gasteiger partial charge in [-0.25, -0.2) is 0 Å². The van der Waals surface area contributed by atoms with E-state index in [1.165, 1.54) is 5.56 Å². The topological polar surface area (TPSA) is 35.8 Å². The fourth-order valence-corrected chi connectivity index (χ4v) is 3.42. The number of nitrogens with zero attached hydrogens (tertiary/aromatic N) is 2. The van der Waals surface area contributed by atoms with Crippen LogP contribution in [0.1, 0.15) is 52.7 Å². The van der Waals surface area contributed by atoms with E-state index in [1.54, 1.807) is 5.01 Å². The molecule has 1 aliphatic carbocycles. The number of hydrogen-bond donors (Lipinski definition) is 1. The smallest absolute Gasteiger partial charge is 0.144 e. The summed E-state index contributed by atoms with van der Waals surface area (Å²) < 4.78 is 0.146. The summed E-state index contributed by atoms with van der Waals surface area (Å²) in [6, 6.07) is 4.14. The van der Waals surface area contributed by atoms with E-state index in [4.69, 9.17) is 16.7 Å². The Morgan fingerprint density at radius 1 is 1.12 bits per heavy atom. The van der Waals surface area contributed by atoms with Crippen LogP contribution < -0.4 is 5.01 Å². The minimum Gasteiger partial charge on any atom is -0.505 e. The Bertz CT molecular complexity index is 782. The van der Waals surface area contributed by atoms with Crippen molar-refractivity contribution in [1.29, 1.82) is 0 Å². The fraction of sp³-hybridized carbons (Fsp3) is 0.476. The number of benzene rings is 1. The van der Waals surface area contributed by atoms with Gasteiger partial charge in [-0.15, -0.1) is 0 Å².